The van der Waals surface area contributed by atoms with E-state index in [9.17, 15) is 15.2 Å². The van der Waals surface area contributed by atoms with Gasteiger partial charge in [0.15, 0.2) is 11.2 Å². The van der Waals surface area contributed by atoms with Gasteiger partial charge in [-0.2, -0.15) is 20.5 Å². The maximum Gasteiger partial charge on any atom is 0.327 e. The third-order valence-corrected chi connectivity index (χ3v) is 7.07. The second kappa shape index (κ2) is 8.51. The van der Waals surface area contributed by atoms with E-state index in [1.54, 1.807) is 6.08 Å². The Hall–Kier alpha value is -4.15. The highest BCUT2D eigenvalue weighted by Crippen LogP contribution is 2.67. The summed E-state index contributed by atoms with van der Waals surface area (Å²) in [6.07, 6.45) is 5.38. The predicted octanol–water partition coefficient (Wildman–Crippen LogP) is 3.55. The number of nitriles is 2. The molecule has 3 aromatic rings. The van der Waals surface area contributed by atoms with Crippen LogP contribution < -0.4 is 15.7 Å². The van der Waals surface area contributed by atoms with Gasteiger partial charge in [0.2, 0.25) is 5.95 Å². The molecule has 3 fully saturated rings. The zero-order chi connectivity index (χ0) is 25.7. The van der Waals surface area contributed by atoms with Gasteiger partial charge < -0.3 is 15.2 Å². The van der Waals surface area contributed by atoms with E-state index in [4.69, 9.17) is 10.00 Å². The number of aromatic nitrogens is 4. The summed E-state index contributed by atoms with van der Waals surface area (Å²) in [4.78, 5) is 24.9. The van der Waals surface area contributed by atoms with Crippen LogP contribution in [0.2, 0.25) is 0 Å². The normalized spacial score (nSPS) is 22.9. The molecule has 2 aromatic heterocycles. The predicted molar refractivity (Wildman–Crippen MR) is 133 cm³/mol. The van der Waals surface area contributed by atoms with Gasteiger partial charge in [0.1, 0.15) is 5.75 Å². The van der Waals surface area contributed by atoms with Crippen molar-refractivity contribution in [1.82, 2.24) is 19.5 Å². The topological polar surface area (TPSA) is 153 Å². The van der Waals surface area contributed by atoms with Crippen LogP contribution in [0.3, 0.4) is 0 Å². The quantitative estimate of drug-likeness (QED) is 0.410. The zero-order valence-corrected chi connectivity index (χ0v) is 20.4. The number of H-pyrrole nitrogens is 1. The molecule has 0 unspecified atom stereocenters. The molecule has 2 heterocycles. The Morgan fingerprint density at radius 1 is 1.28 bits per heavy atom. The number of fused-ring (bicyclic) bond motifs is 1. The molecule has 3 aliphatic carbocycles. The first-order valence-corrected chi connectivity index (χ1v) is 11.9. The number of hydrogen-bond donors (Lipinski definition) is 3. The summed E-state index contributed by atoms with van der Waals surface area (Å²) in [6.45, 7) is 5.86. The average Bonchev–Trinajstić information content (AvgIpc) is 3.10. The summed E-state index contributed by atoms with van der Waals surface area (Å²) >= 11 is 0. The Morgan fingerprint density at radius 3 is 2.58 bits per heavy atom. The van der Waals surface area contributed by atoms with Crippen LogP contribution in [0.15, 0.2) is 23.0 Å². The molecule has 0 radical (unpaired) electrons. The molecule has 0 amide bonds. The highest BCUT2D eigenvalue weighted by atomic mass is 16.5. The molecule has 0 spiro atoms. The molecule has 36 heavy (non-hydrogen) atoms. The van der Waals surface area contributed by atoms with Crippen LogP contribution >= 0.6 is 0 Å². The van der Waals surface area contributed by atoms with E-state index < -0.39 is 0 Å². The van der Waals surface area contributed by atoms with Gasteiger partial charge in [0.05, 0.1) is 17.6 Å². The molecular formula is C26H27N7O3. The van der Waals surface area contributed by atoms with Gasteiger partial charge in [-0.25, -0.2) is 4.79 Å². The molecule has 0 aliphatic heterocycles. The minimum absolute atomic E-state index is 0.0745. The number of benzene rings is 1. The number of aromatic amines is 1. The Morgan fingerprint density at radius 2 is 1.97 bits per heavy atom. The summed E-state index contributed by atoms with van der Waals surface area (Å²) < 4.78 is 7.86. The summed E-state index contributed by atoms with van der Waals surface area (Å²) in [5, 5.41) is 31.1. The molecule has 2 bridgehead atoms. The second-order valence-corrected chi connectivity index (χ2v) is 10.3. The van der Waals surface area contributed by atoms with E-state index in [1.807, 2.05) is 39.0 Å². The lowest BCUT2D eigenvalue weighted by molar-refractivity contribution is -0.0665. The van der Waals surface area contributed by atoms with Crippen LogP contribution in [0.1, 0.15) is 42.9 Å². The van der Waals surface area contributed by atoms with Crippen molar-refractivity contribution in [2.24, 2.45) is 11.3 Å². The molecular weight excluding hydrogens is 458 g/mol. The Bertz CT molecular complexity index is 1490. The number of rotatable bonds is 8. The highest BCUT2D eigenvalue weighted by Gasteiger charge is 2.69. The van der Waals surface area contributed by atoms with Gasteiger partial charge in [0.25, 0.3) is 5.88 Å². The molecule has 10 heteroatoms. The highest BCUT2D eigenvalue weighted by molar-refractivity contribution is 5.79. The molecule has 1 aromatic carbocycles. The van der Waals surface area contributed by atoms with E-state index in [1.165, 1.54) is 10.6 Å². The number of aliphatic hydroxyl groups excluding tert-OH is 1. The average molecular weight is 486 g/mol. The first-order valence-electron chi connectivity index (χ1n) is 11.9. The molecule has 3 N–H and O–H groups in total. The van der Waals surface area contributed by atoms with Crippen LogP contribution in [-0.4, -0.2) is 36.8 Å². The fourth-order valence-corrected chi connectivity index (χ4v) is 5.45. The van der Waals surface area contributed by atoms with Crippen LogP contribution in [0, 0.1) is 47.8 Å². The van der Waals surface area contributed by atoms with Crippen LogP contribution in [0.4, 0.5) is 5.95 Å². The monoisotopic (exact) mass is 485 g/mol. The Kier molecular flexibility index (Phi) is 5.57. The standard InChI is InChI=1S/C26H27N7O3/c1-15(10-34)9-33-19-21(30-24(33)35)29-23(32-26-11-25(12-26,13-26)14-28)31-22(19)36-20-16(2)7-18(5-4-6-27)8-17(20)3/h4-5,7-8,15,34H,9-13H2,1-3H3,(H2,29,30,31,32,35)/b5-4+/t15-,25?,26?/m1/s1. The maximum atomic E-state index is 12.8. The minimum Gasteiger partial charge on any atom is -0.436 e. The second-order valence-electron chi connectivity index (χ2n) is 10.3. The summed E-state index contributed by atoms with van der Waals surface area (Å²) in [7, 11) is 0. The number of ether oxygens (including phenoxy) is 1. The largest absolute Gasteiger partial charge is 0.436 e. The Labute approximate surface area is 207 Å². The number of aryl methyl sites for hydroxylation is 2. The van der Waals surface area contributed by atoms with Gasteiger partial charge >= 0.3 is 5.69 Å². The number of nitrogens with zero attached hydrogens (tertiary/aromatic N) is 5. The fourth-order valence-electron chi connectivity index (χ4n) is 5.45. The van der Waals surface area contributed by atoms with Crippen molar-refractivity contribution in [3.05, 3.63) is 45.4 Å². The number of aliphatic hydroxyl groups is 1. The van der Waals surface area contributed by atoms with Crippen molar-refractivity contribution in [2.45, 2.75) is 52.1 Å². The van der Waals surface area contributed by atoms with Crippen LogP contribution in [0.5, 0.6) is 11.6 Å². The van der Waals surface area contributed by atoms with E-state index >= 15 is 0 Å². The number of allylic oxidation sites excluding steroid dienone is 1. The molecule has 3 aliphatic rings. The molecule has 3 saturated carbocycles. The maximum absolute atomic E-state index is 12.8. The summed E-state index contributed by atoms with van der Waals surface area (Å²) in [5.41, 5.74) is 2.53. The SMILES string of the molecule is Cc1cc(/C=C/C#N)cc(C)c1Oc1nc(NC23CC(C#N)(C2)C3)nc2[nH]c(=O)n(C[C@@H](C)CO)c12. The van der Waals surface area contributed by atoms with E-state index in [2.05, 4.69) is 26.3 Å². The molecule has 10 nitrogen and oxygen atoms in total. The van der Waals surface area contributed by atoms with Gasteiger partial charge in [-0.05, 0) is 73.9 Å². The lowest BCUT2D eigenvalue weighted by Crippen LogP contribution is -2.70. The van der Waals surface area contributed by atoms with Crippen molar-refractivity contribution < 1.29 is 9.84 Å². The summed E-state index contributed by atoms with van der Waals surface area (Å²) in [6, 6.07) is 8.21. The van der Waals surface area contributed by atoms with E-state index in [0.717, 1.165) is 36.0 Å². The van der Waals surface area contributed by atoms with Crippen molar-refractivity contribution in [2.75, 3.05) is 11.9 Å². The lowest BCUT2D eigenvalue weighted by Gasteiger charge is -2.66. The first-order chi connectivity index (χ1) is 17.2. The van der Waals surface area contributed by atoms with Crippen molar-refractivity contribution in [3.8, 4) is 23.8 Å². The van der Waals surface area contributed by atoms with Crippen molar-refractivity contribution in [1.29, 1.82) is 10.5 Å². The van der Waals surface area contributed by atoms with Gasteiger partial charge in [-0.1, -0.05) is 6.92 Å². The number of imidazole rings is 1. The smallest absolute Gasteiger partial charge is 0.327 e. The van der Waals surface area contributed by atoms with Crippen molar-refractivity contribution in [3.63, 3.8) is 0 Å². The number of nitrogens with one attached hydrogen (secondary N) is 2. The van der Waals surface area contributed by atoms with E-state index in [0.29, 0.717) is 22.9 Å². The van der Waals surface area contributed by atoms with Crippen LogP contribution in [-0.2, 0) is 6.54 Å². The lowest BCUT2D eigenvalue weighted by atomic mass is 9.40. The number of hydrogen-bond acceptors (Lipinski definition) is 8. The molecule has 1 atom stereocenters. The Balaban J connectivity index is 1.57. The van der Waals surface area contributed by atoms with Crippen molar-refractivity contribution >= 4 is 23.2 Å². The van der Waals surface area contributed by atoms with Gasteiger partial charge in [-0.15, -0.1) is 0 Å². The van der Waals surface area contributed by atoms with Gasteiger partial charge in [-0.3, -0.25) is 9.55 Å². The zero-order valence-electron chi connectivity index (χ0n) is 20.4. The fraction of sp³-hybridized carbons (Fsp3) is 0.423. The van der Waals surface area contributed by atoms with Crippen LogP contribution in [0.25, 0.3) is 17.2 Å². The summed E-state index contributed by atoms with van der Waals surface area (Å²) in [5.74, 6) is 0.986. The minimum atomic E-state index is -0.360. The van der Waals surface area contributed by atoms with E-state index in [-0.39, 0.29) is 41.6 Å². The molecule has 0 saturated heterocycles. The third-order valence-electron chi connectivity index (χ3n) is 7.07. The molecule has 184 valence electrons. The van der Waals surface area contributed by atoms with Gasteiger partial charge in [0, 0.05) is 24.8 Å². The third kappa shape index (κ3) is 3.90. The first kappa shape index (κ1) is 23.6. The molecule has 6 rings (SSSR count). The number of anilines is 1.